The van der Waals surface area contributed by atoms with Crippen LogP contribution in [0.15, 0.2) is 4.90 Å². The Balaban J connectivity index is 0.00000392. The summed E-state index contributed by atoms with van der Waals surface area (Å²) in [5.41, 5.74) is 4.70. The van der Waals surface area contributed by atoms with Gasteiger partial charge in [0.15, 0.2) is 0 Å². The Hall–Kier alpha value is -1.15. The first-order valence-electron chi connectivity index (χ1n) is 9.59. The van der Waals surface area contributed by atoms with Gasteiger partial charge in [-0.1, -0.05) is 0 Å². The number of likely N-dealkylation sites (tertiary alicyclic amines) is 1. The average molecular weight is 432 g/mol. The lowest BCUT2D eigenvalue weighted by molar-refractivity contribution is -0.130. The highest BCUT2D eigenvalue weighted by Gasteiger charge is 2.27. The van der Waals surface area contributed by atoms with Crippen LogP contribution in [-0.2, 0) is 14.8 Å². The molecule has 0 bridgehead atoms. The highest BCUT2D eigenvalue weighted by atomic mass is 35.5. The first-order valence-corrected chi connectivity index (χ1v) is 11.1. The average Bonchev–Trinajstić information content (AvgIpc) is 3.07. The number of carbonyl (C=O) groups is 1. The number of rotatable bonds is 7. The van der Waals surface area contributed by atoms with Crippen molar-refractivity contribution < 1.29 is 13.2 Å². The number of halogens is 1. The summed E-state index contributed by atoms with van der Waals surface area (Å²) in [4.78, 5) is 14.6. The molecule has 1 atom stereocenters. The summed E-state index contributed by atoms with van der Waals surface area (Å²) in [5, 5.41) is 3.14. The van der Waals surface area contributed by atoms with Crippen LogP contribution in [0, 0.1) is 40.5 Å². The maximum atomic E-state index is 12.9. The van der Waals surface area contributed by atoms with Crippen LogP contribution in [0.25, 0.3) is 0 Å². The molecule has 6 nitrogen and oxygen atoms in total. The number of benzene rings is 1. The van der Waals surface area contributed by atoms with Gasteiger partial charge in [0.05, 0.1) is 4.90 Å². The van der Waals surface area contributed by atoms with Crippen molar-refractivity contribution in [2.24, 2.45) is 5.92 Å². The van der Waals surface area contributed by atoms with Gasteiger partial charge in [0.25, 0.3) is 0 Å². The third-order valence-corrected chi connectivity index (χ3v) is 7.70. The second kappa shape index (κ2) is 10.1. The Bertz CT molecular complexity index is 795. The molecule has 0 saturated carbocycles. The fraction of sp³-hybridized carbons (Fsp3) is 0.650. The molecule has 1 heterocycles. The van der Waals surface area contributed by atoms with Crippen LogP contribution in [0.5, 0.6) is 0 Å². The minimum Gasteiger partial charge on any atom is -0.342 e. The second-order valence-corrected chi connectivity index (χ2v) is 9.36. The quantitative estimate of drug-likeness (QED) is 0.694. The summed E-state index contributed by atoms with van der Waals surface area (Å²) in [5.74, 6) is 0.500. The number of sulfonamides is 1. The van der Waals surface area contributed by atoms with Gasteiger partial charge >= 0.3 is 0 Å². The number of hydrogen-bond donors (Lipinski definition) is 2. The van der Waals surface area contributed by atoms with Crippen molar-refractivity contribution in [1.82, 2.24) is 14.9 Å². The van der Waals surface area contributed by atoms with Gasteiger partial charge < -0.3 is 10.2 Å². The standard InChI is InChI=1S/C20H33N3O3S.ClH/c1-13-14(2)16(4)20(17(5)15(13)3)27(25,26)22-9-7-19(24)23-10-8-18(12-23)11-21-6;/h18,21-22H,7-12H2,1-6H3;1H. The topological polar surface area (TPSA) is 78.5 Å². The fourth-order valence-corrected chi connectivity index (χ4v) is 5.53. The van der Waals surface area contributed by atoms with Gasteiger partial charge in [-0.2, -0.15) is 0 Å². The zero-order valence-electron chi connectivity index (χ0n) is 17.8. The van der Waals surface area contributed by atoms with Gasteiger partial charge in [-0.15, -0.1) is 12.4 Å². The van der Waals surface area contributed by atoms with E-state index >= 15 is 0 Å². The van der Waals surface area contributed by atoms with Crippen LogP contribution in [0.3, 0.4) is 0 Å². The molecule has 2 N–H and O–H groups in total. The molecule has 1 unspecified atom stereocenters. The Labute approximate surface area is 175 Å². The van der Waals surface area contributed by atoms with Gasteiger partial charge in [0.2, 0.25) is 15.9 Å². The highest BCUT2D eigenvalue weighted by molar-refractivity contribution is 7.89. The first kappa shape index (κ1) is 24.9. The third-order valence-electron chi connectivity index (χ3n) is 5.96. The predicted octanol–water partition coefficient (Wildman–Crippen LogP) is 2.39. The molecule has 0 aromatic heterocycles. The van der Waals surface area contributed by atoms with Crippen molar-refractivity contribution >= 4 is 28.3 Å². The number of nitrogens with one attached hydrogen (secondary N) is 2. The molecule has 1 fully saturated rings. The maximum absolute atomic E-state index is 12.9. The fourth-order valence-electron chi connectivity index (χ4n) is 3.91. The molecule has 1 aromatic carbocycles. The molecule has 1 saturated heterocycles. The van der Waals surface area contributed by atoms with Gasteiger partial charge in [-0.3, -0.25) is 4.79 Å². The lowest BCUT2D eigenvalue weighted by Crippen LogP contribution is -2.34. The highest BCUT2D eigenvalue weighted by Crippen LogP contribution is 2.29. The normalized spacial score (nSPS) is 16.9. The third kappa shape index (κ3) is 5.26. The van der Waals surface area contributed by atoms with Crippen LogP contribution >= 0.6 is 12.4 Å². The van der Waals surface area contributed by atoms with E-state index in [1.807, 2.05) is 46.6 Å². The largest absolute Gasteiger partial charge is 0.342 e. The lowest BCUT2D eigenvalue weighted by Gasteiger charge is -2.20. The number of nitrogens with zero attached hydrogens (tertiary/aromatic N) is 1. The summed E-state index contributed by atoms with van der Waals surface area (Å²) in [6, 6.07) is 0. The minimum absolute atomic E-state index is 0. The molecule has 1 aromatic rings. The van der Waals surface area contributed by atoms with E-state index in [4.69, 9.17) is 0 Å². The van der Waals surface area contributed by atoms with E-state index in [9.17, 15) is 13.2 Å². The number of hydrogen-bond acceptors (Lipinski definition) is 4. The number of carbonyl (C=O) groups excluding carboxylic acids is 1. The van der Waals surface area contributed by atoms with Gasteiger partial charge in [-0.05, 0) is 88.4 Å². The Kier molecular flexibility index (Phi) is 8.93. The summed E-state index contributed by atoms with van der Waals surface area (Å²) < 4.78 is 28.4. The molecule has 8 heteroatoms. The van der Waals surface area contributed by atoms with Crippen molar-refractivity contribution in [3.63, 3.8) is 0 Å². The van der Waals surface area contributed by atoms with E-state index in [1.165, 1.54) is 0 Å². The minimum atomic E-state index is -3.65. The van der Waals surface area contributed by atoms with E-state index in [2.05, 4.69) is 10.0 Å². The molecule has 1 aliphatic heterocycles. The summed E-state index contributed by atoms with van der Waals surface area (Å²) in [6.45, 7) is 12.2. The SMILES string of the molecule is CNCC1CCN(C(=O)CCNS(=O)(=O)c2c(C)c(C)c(C)c(C)c2C)C1.Cl. The van der Waals surface area contributed by atoms with Crippen LogP contribution < -0.4 is 10.0 Å². The van der Waals surface area contributed by atoms with Crippen molar-refractivity contribution in [3.8, 4) is 0 Å². The molecule has 2 rings (SSSR count). The number of amides is 1. The maximum Gasteiger partial charge on any atom is 0.241 e. The summed E-state index contributed by atoms with van der Waals surface area (Å²) >= 11 is 0. The van der Waals surface area contributed by atoms with Crippen LogP contribution in [0.2, 0.25) is 0 Å². The molecule has 0 aliphatic carbocycles. The van der Waals surface area contributed by atoms with Gasteiger partial charge in [0, 0.05) is 26.1 Å². The molecular weight excluding hydrogens is 398 g/mol. The van der Waals surface area contributed by atoms with Gasteiger partial charge in [-0.25, -0.2) is 13.1 Å². The zero-order chi connectivity index (χ0) is 20.4. The molecule has 0 spiro atoms. The van der Waals surface area contributed by atoms with Crippen LogP contribution in [0.4, 0.5) is 0 Å². The summed E-state index contributed by atoms with van der Waals surface area (Å²) in [6.07, 6.45) is 1.19. The molecular formula is C20H34ClN3O3S. The van der Waals surface area contributed by atoms with Crippen molar-refractivity contribution in [1.29, 1.82) is 0 Å². The molecule has 1 amide bonds. The second-order valence-electron chi connectivity index (χ2n) is 7.65. The first-order chi connectivity index (χ1) is 12.6. The predicted molar refractivity (Wildman–Crippen MR) is 116 cm³/mol. The Morgan fingerprint density at radius 3 is 2.11 bits per heavy atom. The van der Waals surface area contributed by atoms with E-state index in [1.54, 1.807) is 0 Å². The Morgan fingerprint density at radius 1 is 1.04 bits per heavy atom. The van der Waals surface area contributed by atoms with Crippen LogP contribution in [-0.4, -0.2) is 52.5 Å². The smallest absolute Gasteiger partial charge is 0.241 e. The van der Waals surface area contributed by atoms with E-state index < -0.39 is 10.0 Å². The van der Waals surface area contributed by atoms with Crippen molar-refractivity contribution in [2.75, 3.05) is 33.2 Å². The van der Waals surface area contributed by atoms with E-state index in [0.29, 0.717) is 10.8 Å². The van der Waals surface area contributed by atoms with Gasteiger partial charge in [0.1, 0.15) is 0 Å². The Morgan fingerprint density at radius 2 is 1.57 bits per heavy atom. The molecule has 28 heavy (non-hydrogen) atoms. The molecule has 160 valence electrons. The monoisotopic (exact) mass is 431 g/mol. The summed E-state index contributed by atoms with van der Waals surface area (Å²) in [7, 11) is -1.74. The lowest BCUT2D eigenvalue weighted by atomic mass is 9.95. The van der Waals surface area contributed by atoms with E-state index in [0.717, 1.165) is 53.9 Å². The molecule has 0 radical (unpaired) electrons. The van der Waals surface area contributed by atoms with E-state index in [-0.39, 0.29) is 31.3 Å². The van der Waals surface area contributed by atoms with Crippen molar-refractivity contribution in [2.45, 2.75) is 52.4 Å². The van der Waals surface area contributed by atoms with Crippen LogP contribution in [0.1, 0.15) is 40.7 Å². The zero-order valence-corrected chi connectivity index (χ0v) is 19.4. The molecule has 1 aliphatic rings. The van der Waals surface area contributed by atoms with Crippen molar-refractivity contribution in [3.05, 3.63) is 27.8 Å².